The Morgan fingerprint density at radius 1 is 1.41 bits per heavy atom. The number of amides is 1. The maximum absolute atomic E-state index is 12.0. The summed E-state index contributed by atoms with van der Waals surface area (Å²) in [6.07, 6.45) is 2.82. The van der Waals surface area contributed by atoms with Gasteiger partial charge in [-0.25, -0.2) is 0 Å². The number of hydrogen-bond acceptors (Lipinski definition) is 3. The maximum Gasteiger partial charge on any atom is 0.307 e. The van der Waals surface area contributed by atoms with Crippen molar-refractivity contribution in [1.82, 2.24) is 9.80 Å². The van der Waals surface area contributed by atoms with E-state index in [1.807, 2.05) is 0 Å². The SMILES string of the molecule is CN(CC1CCCN1C)C(=O)[C@@H]1C[C@@H]1C(=O)O. The lowest BCUT2D eigenvalue weighted by molar-refractivity contribution is -0.141. The van der Waals surface area contributed by atoms with E-state index in [1.54, 1.807) is 11.9 Å². The van der Waals surface area contributed by atoms with Crippen molar-refractivity contribution >= 4 is 11.9 Å². The van der Waals surface area contributed by atoms with E-state index in [9.17, 15) is 9.59 Å². The van der Waals surface area contributed by atoms with E-state index >= 15 is 0 Å². The predicted octanol–water partition coefficient (Wildman–Crippen LogP) is 0.260. The standard InChI is InChI=1S/C12H20N2O3/c1-13-5-3-4-8(13)7-14(2)11(15)9-6-10(9)12(16)17/h8-10H,3-7H2,1-2H3,(H,16,17)/t8?,9-,10+/m1/s1. The van der Waals surface area contributed by atoms with E-state index in [1.165, 1.54) is 6.42 Å². The first-order chi connectivity index (χ1) is 8.00. The van der Waals surface area contributed by atoms with E-state index in [-0.39, 0.29) is 11.8 Å². The molecule has 1 N–H and O–H groups in total. The summed E-state index contributed by atoms with van der Waals surface area (Å²) >= 11 is 0. The largest absolute Gasteiger partial charge is 0.481 e. The van der Waals surface area contributed by atoms with Crippen LogP contribution in [-0.2, 0) is 9.59 Å². The zero-order valence-electron chi connectivity index (χ0n) is 10.4. The number of carbonyl (C=O) groups excluding carboxylic acids is 1. The van der Waals surface area contributed by atoms with Gasteiger partial charge in [0.05, 0.1) is 11.8 Å². The highest BCUT2D eigenvalue weighted by molar-refractivity contribution is 5.89. The van der Waals surface area contributed by atoms with Crippen LogP contribution in [0.15, 0.2) is 0 Å². The fourth-order valence-corrected chi connectivity index (χ4v) is 2.64. The summed E-state index contributed by atoms with van der Waals surface area (Å²) in [6, 6.07) is 0.436. The molecule has 17 heavy (non-hydrogen) atoms. The van der Waals surface area contributed by atoms with E-state index in [0.29, 0.717) is 12.5 Å². The number of rotatable bonds is 4. The second-order valence-corrected chi connectivity index (χ2v) is 5.28. The number of nitrogens with zero attached hydrogens (tertiary/aromatic N) is 2. The molecule has 3 atom stereocenters. The minimum Gasteiger partial charge on any atom is -0.481 e. The Labute approximate surface area is 101 Å². The van der Waals surface area contributed by atoms with Gasteiger partial charge in [0.25, 0.3) is 0 Å². The van der Waals surface area contributed by atoms with Crippen molar-refractivity contribution in [2.24, 2.45) is 11.8 Å². The second-order valence-electron chi connectivity index (χ2n) is 5.28. The first-order valence-corrected chi connectivity index (χ1v) is 6.18. The third-order valence-electron chi connectivity index (χ3n) is 3.96. The van der Waals surface area contributed by atoms with Crippen molar-refractivity contribution in [3.8, 4) is 0 Å². The summed E-state index contributed by atoms with van der Waals surface area (Å²) in [5, 5.41) is 8.80. The van der Waals surface area contributed by atoms with Crippen LogP contribution in [-0.4, -0.2) is 60.0 Å². The molecule has 2 aliphatic rings. The molecule has 5 nitrogen and oxygen atoms in total. The molecule has 1 aliphatic heterocycles. The molecule has 96 valence electrons. The molecule has 0 aromatic rings. The van der Waals surface area contributed by atoms with Gasteiger partial charge in [-0.15, -0.1) is 0 Å². The van der Waals surface area contributed by atoms with Gasteiger partial charge in [-0.1, -0.05) is 0 Å². The van der Waals surface area contributed by atoms with Crippen molar-refractivity contribution in [2.75, 3.05) is 27.2 Å². The van der Waals surface area contributed by atoms with Gasteiger partial charge in [-0.3, -0.25) is 9.59 Å². The lowest BCUT2D eigenvalue weighted by atomic mass is 10.2. The van der Waals surface area contributed by atoms with E-state index in [2.05, 4.69) is 11.9 Å². The molecule has 0 spiro atoms. The summed E-state index contributed by atoms with van der Waals surface area (Å²) in [7, 11) is 3.86. The Hall–Kier alpha value is -1.10. The normalized spacial score (nSPS) is 32.5. The van der Waals surface area contributed by atoms with Gasteiger partial charge < -0.3 is 14.9 Å². The highest BCUT2D eigenvalue weighted by Crippen LogP contribution is 2.40. The number of aliphatic carboxylic acids is 1. The molecule has 2 fully saturated rings. The van der Waals surface area contributed by atoms with Crippen molar-refractivity contribution in [2.45, 2.75) is 25.3 Å². The third-order valence-corrected chi connectivity index (χ3v) is 3.96. The van der Waals surface area contributed by atoms with Gasteiger partial charge in [-0.05, 0) is 32.9 Å². The van der Waals surface area contributed by atoms with Crippen molar-refractivity contribution in [3.63, 3.8) is 0 Å². The molecule has 1 saturated carbocycles. The first-order valence-electron chi connectivity index (χ1n) is 6.18. The zero-order chi connectivity index (χ0) is 12.6. The topological polar surface area (TPSA) is 60.9 Å². The average Bonchev–Trinajstić information content (AvgIpc) is 2.98. The fourth-order valence-electron chi connectivity index (χ4n) is 2.64. The van der Waals surface area contributed by atoms with Crippen molar-refractivity contribution in [1.29, 1.82) is 0 Å². The molecular weight excluding hydrogens is 220 g/mol. The molecule has 0 radical (unpaired) electrons. The maximum atomic E-state index is 12.0. The van der Waals surface area contributed by atoms with Crippen LogP contribution in [0.4, 0.5) is 0 Å². The molecule has 0 aromatic heterocycles. The smallest absolute Gasteiger partial charge is 0.307 e. The molecule has 0 aromatic carbocycles. The number of likely N-dealkylation sites (tertiary alicyclic amines) is 1. The minimum atomic E-state index is -0.838. The van der Waals surface area contributed by atoms with E-state index < -0.39 is 11.9 Å². The summed E-state index contributed by atoms with van der Waals surface area (Å²) in [6.45, 7) is 1.81. The number of hydrogen-bond donors (Lipinski definition) is 1. The van der Waals surface area contributed by atoms with Gasteiger partial charge in [-0.2, -0.15) is 0 Å². The molecule has 5 heteroatoms. The summed E-state index contributed by atoms with van der Waals surface area (Å²) in [4.78, 5) is 26.7. The highest BCUT2D eigenvalue weighted by Gasteiger charge is 2.49. The lowest BCUT2D eigenvalue weighted by Crippen LogP contribution is -2.40. The number of carbonyl (C=O) groups is 2. The summed E-state index contributed by atoms with van der Waals surface area (Å²) in [5.74, 6) is -1.55. The molecule has 1 aliphatic carbocycles. The molecule has 0 bridgehead atoms. The summed E-state index contributed by atoms with van der Waals surface area (Å²) in [5.41, 5.74) is 0. The zero-order valence-corrected chi connectivity index (χ0v) is 10.4. The van der Waals surface area contributed by atoms with Crippen molar-refractivity contribution in [3.05, 3.63) is 0 Å². The number of likely N-dealkylation sites (N-methyl/N-ethyl adjacent to an activating group) is 2. The Bertz CT molecular complexity index is 332. The fraction of sp³-hybridized carbons (Fsp3) is 0.833. The van der Waals surface area contributed by atoms with Crippen LogP contribution in [0.1, 0.15) is 19.3 Å². The number of carboxylic acid groups (broad SMARTS) is 1. The van der Waals surface area contributed by atoms with Crippen LogP contribution in [0.3, 0.4) is 0 Å². The van der Waals surface area contributed by atoms with E-state index in [0.717, 1.165) is 19.5 Å². The van der Waals surface area contributed by atoms with Crippen LogP contribution in [0.5, 0.6) is 0 Å². The van der Waals surface area contributed by atoms with Crippen LogP contribution >= 0.6 is 0 Å². The first kappa shape index (κ1) is 12.4. The third kappa shape index (κ3) is 2.60. The van der Waals surface area contributed by atoms with Crippen molar-refractivity contribution < 1.29 is 14.7 Å². The van der Waals surface area contributed by atoms with Gasteiger partial charge in [0.15, 0.2) is 0 Å². The van der Waals surface area contributed by atoms with Crippen LogP contribution in [0.2, 0.25) is 0 Å². The average molecular weight is 240 g/mol. The predicted molar refractivity (Wildman–Crippen MR) is 62.5 cm³/mol. The lowest BCUT2D eigenvalue weighted by Gasteiger charge is -2.26. The molecule has 1 saturated heterocycles. The quantitative estimate of drug-likeness (QED) is 0.765. The Kier molecular flexibility index (Phi) is 3.38. The van der Waals surface area contributed by atoms with Gasteiger partial charge >= 0.3 is 5.97 Å². The second kappa shape index (κ2) is 4.64. The van der Waals surface area contributed by atoms with Gasteiger partial charge in [0.2, 0.25) is 5.91 Å². The van der Waals surface area contributed by atoms with Gasteiger partial charge in [0, 0.05) is 19.6 Å². The van der Waals surface area contributed by atoms with Crippen LogP contribution in [0, 0.1) is 11.8 Å². The number of carboxylic acids is 1. The molecule has 2 rings (SSSR count). The van der Waals surface area contributed by atoms with Crippen LogP contribution in [0.25, 0.3) is 0 Å². The van der Waals surface area contributed by atoms with Gasteiger partial charge in [0.1, 0.15) is 0 Å². The van der Waals surface area contributed by atoms with E-state index in [4.69, 9.17) is 5.11 Å². The molecule has 1 heterocycles. The molecule has 1 unspecified atom stereocenters. The Balaban J connectivity index is 1.82. The summed E-state index contributed by atoms with van der Waals surface area (Å²) < 4.78 is 0. The Morgan fingerprint density at radius 2 is 2.12 bits per heavy atom. The molecule has 1 amide bonds. The molecular formula is C12H20N2O3. The minimum absolute atomic E-state index is 0.00213. The highest BCUT2D eigenvalue weighted by atomic mass is 16.4. The Morgan fingerprint density at radius 3 is 2.59 bits per heavy atom. The monoisotopic (exact) mass is 240 g/mol. The van der Waals surface area contributed by atoms with Crippen LogP contribution < -0.4 is 0 Å².